The average Bonchev–Trinajstić information content (AvgIpc) is 2.52. The maximum Gasteiger partial charge on any atom is 0.252 e. The van der Waals surface area contributed by atoms with Gasteiger partial charge in [0, 0.05) is 3.57 Å². The molecule has 2 rings (SSSR count). The van der Waals surface area contributed by atoms with Gasteiger partial charge in [-0.25, -0.2) is 8.42 Å². The summed E-state index contributed by atoms with van der Waals surface area (Å²) < 4.78 is 23.6. The molecule has 0 spiro atoms. The van der Waals surface area contributed by atoms with Gasteiger partial charge in [-0.15, -0.1) is 11.6 Å². The molecule has 4 nitrogen and oxygen atoms in total. The highest BCUT2D eigenvalue weighted by atomic mass is 127. The van der Waals surface area contributed by atoms with Crippen molar-refractivity contribution in [1.29, 1.82) is 0 Å². The van der Waals surface area contributed by atoms with Crippen LogP contribution >= 0.6 is 34.2 Å². The van der Waals surface area contributed by atoms with Crippen molar-refractivity contribution >= 4 is 49.9 Å². The number of halogens is 2. The Bertz CT molecular complexity index is 575. The van der Waals surface area contributed by atoms with Crippen LogP contribution in [0.25, 0.3) is 0 Å². The summed E-state index contributed by atoms with van der Waals surface area (Å²) in [6.45, 7) is 0. The van der Waals surface area contributed by atoms with Crippen molar-refractivity contribution in [3.8, 4) is 0 Å². The number of amides is 1. The van der Waals surface area contributed by atoms with E-state index < -0.39 is 21.3 Å². The SMILES string of the molecule is O=C(NC1CS(=O)(=O)CC1Cl)c1ccccc1I. The van der Waals surface area contributed by atoms with Crippen LogP contribution in [0.1, 0.15) is 10.4 Å². The van der Waals surface area contributed by atoms with Crippen molar-refractivity contribution in [2.75, 3.05) is 11.5 Å². The second kappa shape index (κ2) is 5.34. The Kier molecular flexibility index (Phi) is 4.18. The second-order valence-corrected chi connectivity index (χ2v) is 8.03. The molecule has 1 aromatic rings. The van der Waals surface area contributed by atoms with E-state index in [1.54, 1.807) is 12.1 Å². The Morgan fingerprint density at radius 1 is 1.33 bits per heavy atom. The average molecular weight is 400 g/mol. The van der Waals surface area contributed by atoms with Crippen LogP contribution in [0, 0.1) is 3.57 Å². The third-order valence-corrected chi connectivity index (χ3v) is 6.03. The minimum absolute atomic E-state index is 0.0780. The first kappa shape index (κ1) is 14.1. The van der Waals surface area contributed by atoms with Gasteiger partial charge in [-0.3, -0.25) is 4.79 Å². The molecule has 0 radical (unpaired) electrons. The van der Waals surface area contributed by atoms with E-state index in [9.17, 15) is 13.2 Å². The lowest BCUT2D eigenvalue weighted by atomic mass is 10.2. The molecule has 18 heavy (non-hydrogen) atoms. The summed E-state index contributed by atoms with van der Waals surface area (Å²) in [4.78, 5) is 12.0. The summed E-state index contributed by atoms with van der Waals surface area (Å²) in [6.07, 6.45) is 0. The van der Waals surface area contributed by atoms with Gasteiger partial charge in [0.1, 0.15) is 0 Å². The number of hydrogen-bond donors (Lipinski definition) is 1. The fourth-order valence-corrected chi connectivity index (χ4v) is 5.01. The lowest BCUT2D eigenvalue weighted by Gasteiger charge is -2.14. The van der Waals surface area contributed by atoms with Gasteiger partial charge in [0.25, 0.3) is 5.91 Å². The number of alkyl halides is 1. The predicted octanol–water partition coefficient (Wildman–Crippen LogP) is 1.43. The minimum atomic E-state index is -3.13. The van der Waals surface area contributed by atoms with Crippen LogP contribution in [0.15, 0.2) is 24.3 Å². The molecule has 0 saturated carbocycles. The number of carbonyl (C=O) groups is 1. The Balaban J connectivity index is 2.12. The summed E-state index contributed by atoms with van der Waals surface area (Å²) in [5, 5.41) is 2.13. The van der Waals surface area contributed by atoms with Crippen LogP contribution < -0.4 is 5.32 Å². The molecule has 1 aliphatic heterocycles. The summed E-state index contributed by atoms with van der Waals surface area (Å²) in [5.74, 6) is -0.449. The van der Waals surface area contributed by atoms with Crippen molar-refractivity contribution in [3.63, 3.8) is 0 Å². The first-order valence-electron chi connectivity index (χ1n) is 5.29. The van der Waals surface area contributed by atoms with Crippen molar-refractivity contribution in [2.24, 2.45) is 0 Å². The molecular weight excluding hydrogens is 389 g/mol. The topological polar surface area (TPSA) is 63.2 Å². The van der Waals surface area contributed by atoms with E-state index in [-0.39, 0.29) is 17.4 Å². The van der Waals surface area contributed by atoms with Crippen LogP contribution in [0.2, 0.25) is 0 Å². The number of rotatable bonds is 2. The number of nitrogens with one attached hydrogen (secondary N) is 1. The lowest BCUT2D eigenvalue weighted by molar-refractivity contribution is 0.0940. The molecule has 1 heterocycles. The summed E-state index contributed by atoms with van der Waals surface area (Å²) in [7, 11) is -3.13. The zero-order valence-electron chi connectivity index (χ0n) is 9.27. The quantitative estimate of drug-likeness (QED) is 0.604. The van der Waals surface area contributed by atoms with Crippen LogP contribution in [-0.2, 0) is 9.84 Å². The Labute approximate surface area is 124 Å². The molecule has 2 atom stereocenters. The molecule has 1 fully saturated rings. The summed E-state index contributed by atoms with van der Waals surface area (Å²) in [6, 6.07) is 6.60. The molecule has 1 aromatic carbocycles. The van der Waals surface area contributed by atoms with Crippen LogP contribution in [0.4, 0.5) is 0 Å². The summed E-state index contributed by atoms with van der Waals surface area (Å²) in [5.41, 5.74) is 0.534. The molecule has 7 heteroatoms. The first-order chi connectivity index (χ1) is 8.39. The van der Waals surface area contributed by atoms with Gasteiger partial charge >= 0.3 is 0 Å². The molecule has 0 aromatic heterocycles. The van der Waals surface area contributed by atoms with E-state index in [1.807, 2.05) is 12.1 Å². The maximum atomic E-state index is 12.0. The van der Waals surface area contributed by atoms with E-state index in [0.29, 0.717) is 5.56 Å². The van der Waals surface area contributed by atoms with Crippen molar-refractivity contribution < 1.29 is 13.2 Å². The third kappa shape index (κ3) is 3.16. The van der Waals surface area contributed by atoms with Gasteiger partial charge in [0.2, 0.25) is 0 Å². The monoisotopic (exact) mass is 399 g/mol. The Hall–Kier alpha value is -0.340. The van der Waals surface area contributed by atoms with E-state index in [1.165, 1.54) is 0 Å². The highest BCUT2D eigenvalue weighted by molar-refractivity contribution is 14.1. The smallest absolute Gasteiger partial charge is 0.252 e. The van der Waals surface area contributed by atoms with Crippen molar-refractivity contribution in [2.45, 2.75) is 11.4 Å². The van der Waals surface area contributed by atoms with Gasteiger partial charge in [0.15, 0.2) is 9.84 Å². The fourth-order valence-electron chi connectivity index (χ4n) is 1.83. The fraction of sp³-hybridized carbons (Fsp3) is 0.364. The van der Waals surface area contributed by atoms with Crippen LogP contribution in [-0.4, -0.2) is 37.2 Å². The Morgan fingerprint density at radius 2 is 2.00 bits per heavy atom. The molecule has 2 unspecified atom stereocenters. The van der Waals surface area contributed by atoms with E-state index in [0.717, 1.165) is 3.57 Å². The highest BCUT2D eigenvalue weighted by Crippen LogP contribution is 2.19. The zero-order valence-corrected chi connectivity index (χ0v) is 13.0. The molecule has 98 valence electrons. The predicted molar refractivity (Wildman–Crippen MR) is 78.7 cm³/mol. The van der Waals surface area contributed by atoms with Crippen molar-refractivity contribution in [3.05, 3.63) is 33.4 Å². The molecular formula is C11H11ClINO3S. The largest absolute Gasteiger partial charge is 0.347 e. The third-order valence-electron chi connectivity index (χ3n) is 2.72. The molecule has 1 saturated heterocycles. The van der Waals surface area contributed by atoms with E-state index in [4.69, 9.17) is 11.6 Å². The Morgan fingerprint density at radius 3 is 2.56 bits per heavy atom. The molecule has 0 bridgehead atoms. The van der Waals surface area contributed by atoms with Gasteiger partial charge < -0.3 is 5.32 Å². The molecule has 1 amide bonds. The highest BCUT2D eigenvalue weighted by Gasteiger charge is 2.37. The maximum absolute atomic E-state index is 12.0. The van der Waals surface area contributed by atoms with Crippen LogP contribution in [0.3, 0.4) is 0 Å². The zero-order chi connectivity index (χ0) is 13.3. The number of sulfone groups is 1. The standard InChI is InChI=1S/C11H11ClINO3S/c12-8-5-18(16,17)6-10(8)14-11(15)7-3-1-2-4-9(7)13/h1-4,8,10H,5-6H2,(H,14,15). The molecule has 1 aliphatic rings. The van der Waals surface area contributed by atoms with Gasteiger partial charge in [-0.05, 0) is 34.7 Å². The summed E-state index contributed by atoms with van der Waals surface area (Å²) >= 11 is 8.00. The van der Waals surface area contributed by atoms with Gasteiger partial charge in [-0.1, -0.05) is 12.1 Å². The van der Waals surface area contributed by atoms with Gasteiger partial charge in [0.05, 0.1) is 28.5 Å². The normalized spacial score (nSPS) is 25.9. The van der Waals surface area contributed by atoms with Crippen LogP contribution in [0.5, 0.6) is 0 Å². The minimum Gasteiger partial charge on any atom is -0.347 e. The van der Waals surface area contributed by atoms with E-state index in [2.05, 4.69) is 27.9 Å². The number of benzene rings is 1. The van der Waals surface area contributed by atoms with Gasteiger partial charge in [-0.2, -0.15) is 0 Å². The van der Waals surface area contributed by atoms with E-state index >= 15 is 0 Å². The first-order valence-corrected chi connectivity index (χ1v) is 8.62. The number of carbonyl (C=O) groups excluding carboxylic acids is 1. The van der Waals surface area contributed by atoms with Crippen molar-refractivity contribution in [1.82, 2.24) is 5.32 Å². The molecule has 1 N–H and O–H groups in total. The molecule has 0 aliphatic carbocycles. The second-order valence-electron chi connectivity index (χ2n) is 4.15. The lowest BCUT2D eigenvalue weighted by Crippen LogP contribution is -2.40. The number of hydrogen-bond acceptors (Lipinski definition) is 3.